The van der Waals surface area contributed by atoms with Gasteiger partial charge in [-0.3, -0.25) is 13.8 Å². The molecule has 0 spiro atoms. The van der Waals surface area contributed by atoms with Crippen molar-refractivity contribution >= 4 is 13.7 Å². The van der Waals surface area contributed by atoms with Crippen molar-refractivity contribution in [3.63, 3.8) is 0 Å². The molecule has 0 aromatic carbocycles. The number of unbranched alkanes of at least 4 members (excludes halogenated alkanes) is 29. The van der Waals surface area contributed by atoms with Gasteiger partial charge in [-0.1, -0.05) is 253 Å². The molecule has 0 aromatic heterocycles. The van der Waals surface area contributed by atoms with E-state index in [1.54, 1.807) is 6.08 Å². The third-order valence-electron chi connectivity index (χ3n) is 13.1. The normalized spacial score (nSPS) is 14.5. The number of rotatable bonds is 54. The minimum Gasteiger partial charge on any atom is -0.387 e. The van der Waals surface area contributed by atoms with Crippen LogP contribution in [0.4, 0.5) is 0 Å². The van der Waals surface area contributed by atoms with E-state index >= 15 is 0 Å². The van der Waals surface area contributed by atoms with Crippen molar-refractivity contribution < 1.29 is 32.9 Å². The lowest BCUT2D eigenvalue weighted by molar-refractivity contribution is -0.870. The van der Waals surface area contributed by atoms with Crippen LogP contribution >= 0.6 is 7.82 Å². The van der Waals surface area contributed by atoms with Gasteiger partial charge in [0.2, 0.25) is 5.91 Å². The summed E-state index contributed by atoms with van der Waals surface area (Å²) in [5, 5.41) is 13.9. The number of phosphoric acid groups is 1. The largest absolute Gasteiger partial charge is 0.472 e. The van der Waals surface area contributed by atoms with Crippen LogP contribution in [0.15, 0.2) is 85.1 Å². The lowest BCUT2D eigenvalue weighted by atomic mass is 10.0. The molecule has 8 nitrogen and oxygen atoms in total. The van der Waals surface area contributed by atoms with Crippen molar-refractivity contribution in [1.29, 1.82) is 0 Å². The van der Waals surface area contributed by atoms with Gasteiger partial charge in [0.15, 0.2) is 0 Å². The van der Waals surface area contributed by atoms with E-state index in [4.69, 9.17) is 9.05 Å². The second-order valence-corrected chi connectivity index (χ2v) is 22.8. The lowest BCUT2D eigenvalue weighted by Crippen LogP contribution is -2.45. The van der Waals surface area contributed by atoms with Gasteiger partial charge < -0.3 is 19.8 Å². The Morgan fingerprint density at radius 2 is 0.847 bits per heavy atom. The highest BCUT2D eigenvalue weighted by molar-refractivity contribution is 7.47. The summed E-state index contributed by atoms with van der Waals surface area (Å²) < 4.78 is 23.7. The SMILES string of the molecule is CC/C=C\C/C=C\C/C=C\C/C=C\CCCCCCCCCCCCCCC(=O)NC(COP(=O)(O)OCC[N+](C)(C)C)C(O)/C=C/CC/C=C/CC/C=C/CCCCCCCCCCCCCCCCC. The number of carbonyl (C=O) groups excluding carboxylic acids is 1. The summed E-state index contributed by atoms with van der Waals surface area (Å²) in [4.78, 5) is 23.3. The molecule has 9 heteroatoms. The zero-order valence-corrected chi connectivity index (χ0v) is 48.5. The molecule has 0 fully saturated rings. The van der Waals surface area contributed by atoms with E-state index in [0.717, 1.165) is 70.6 Å². The fraction of sp³-hybridized carbons (Fsp3) is 0.762. The quantitative estimate of drug-likeness (QED) is 0.0243. The van der Waals surface area contributed by atoms with E-state index < -0.39 is 20.0 Å². The van der Waals surface area contributed by atoms with Crippen LogP contribution < -0.4 is 5.32 Å². The van der Waals surface area contributed by atoms with Crippen LogP contribution in [-0.4, -0.2) is 73.4 Å². The Labute approximate surface area is 446 Å². The number of amides is 1. The fourth-order valence-corrected chi connectivity index (χ4v) is 9.15. The maximum atomic E-state index is 13.0. The van der Waals surface area contributed by atoms with Crippen molar-refractivity contribution in [3.8, 4) is 0 Å². The average Bonchev–Trinajstić information content (AvgIpc) is 3.34. The number of nitrogens with one attached hydrogen (secondary N) is 1. The van der Waals surface area contributed by atoms with Gasteiger partial charge in [-0.25, -0.2) is 4.57 Å². The topological polar surface area (TPSA) is 105 Å². The molecule has 0 aromatic rings. The zero-order chi connectivity index (χ0) is 52.7. The van der Waals surface area contributed by atoms with Gasteiger partial charge in [0.1, 0.15) is 13.2 Å². The van der Waals surface area contributed by atoms with Gasteiger partial charge >= 0.3 is 7.82 Å². The van der Waals surface area contributed by atoms with E-state index in [1.807, 2.05) is 27.2 Å². The highest BCUT2D eigenvalue weighted by Gasteiger charge is 2.27. The molecule has 0 aliphatic heterocycles. The monoisotopic (exact) mass is 1030 g/mol. The molecule has 0 saturated heterocycles. The van der Waals surface area contributed by atoms with Gasteiger partial charge in [-0.15, -0.1) is 0 Å². The molecule has 0 aliphatic carbocycles. The molecule has 1 amide bonds. The fourth-order valence-electron chi connectivity index (χ4n) is 8.42. The highest BCUT2D eigenvalue weighted by atomic mass is 31.2. The molecule has 3 N–H and O–H groups in total. The number of carbonyl (C=O) groups is 1. The first-order valence-electron chi connectivity index (χ1n) is 30.0. The van der Waals surface area contributed by atoms with Crippen LogP contribution in [0.3, 0.4) is 0 Å². The summed E-state index contributed by atoms with van der Waals surface area (Å²) in [5.41, 5.74) is 0. The van der Waals surface area contributed by atoms with Crippen molar-refractivity contribution in [3.05, 3.63) is 85.1 Å². The highest BCUT2D eigenvalue weighted by Crippen LogP contribution is 2.43. The number of likely N-dealkylation sites (N-methyl/N-ethyl adjacent to an activating group) is 1. The van der Waals surface area contributed by atoms with Gasteiger partial charge in [-0.05, 0) is 83.5 Å². The van der Waals surface area contributed by atoms with E-state index in [9.17, 15) is 19.4 Å². The Balaban J connectivity index is 4.27. The number of phosphoric ester groups is 1. The smallest absolute Gasteiger partial charge is 0.387 e. The predicted octanol–water partition coefficient (Wildman–Crippen LogP) is 18.4. The zero-order valence-electron chi connectivity index (χ0n) is 47.7. The molecule has 0 aliphatic rings. The van der Waals surface area contributed by atoms with Crippen LogP contribution in [0.1, 0.15) is 258 Å². The number of quaternary nitrogens is 1. The summed E-state index contributed by atoms with van der Waals surface area (Å²) in [6.07, 6.45) is 75.5. The first-order valence-corrected chi connectivity index (χ1v) is 31.5. The molecule has 0 heterocycles. The molecule has 0 saturated carbocycles. The second kappa shape index (κ2) is 53.5. The Hall–Kier alpha value is -2.32. The molecule has 3 unspecified atom stereocenters. The van der Waals surface area contributed by atoms with Gasteiger partial charge in [0.25, 0.3) is 0 Å². The predicted molar refractivity (Wildman–Crippen MR) is 313 cm³/mol. The van der Waals surface area contributed by atoms with Crippen LogP contribution in [0.25, 0.3) is 0 Å². The number of hydrogen-bond acceptors (Lipinski definition) is 5. The Morgan fingerprint density at radius 3 is 1.28 bits per heavy atom. The third-order valence-corrected chi connectivity index (χ3v) is 14.1. The van der Waals surface area contributed by atoms with Crippen LogP contribution in [0.5, 0.6) is 0 Å². The van der Waals surface area contributed by atoms with Crippen molar-refractivity contribution in [1.82, 2.24) is 5.32 Å². The molecular formula is C63H116N2O6P+. The lowest BCUT2D eigenvalue weighted by Gasteiger charge is -2.25. The standard InChI is InChI=1S/C63H115N2O6P/c1-6-8-10-12-14-16-18-20-22-24-26-28-30-32-34-36-38-40-42-44-46-48-50-52-54-56-62(66)61(60-71-72(68,69)70-59-58-65(3,4)5)64-63(67)57-55-53-51-49-47-45-43-41-39-37-35-33-31-29-27-25-23-21-19-17-15-13-11-9-7-2/h9,11,15,17,21,23,27,29,38,40,46,48,54,56,61-62,66H,6-8,10,12-14,16,18-20,22,24-26,28,30-37,39,41-45,47,49-53,55,57-60H2,1-5H3,(H-,64,67,68,69)/p+1/b11-9-,17-15-,23-21-,29-27-,40-38+,48-46+,56-54+. The Kier molecular flexibility index (Phi) is 51.8. The van der Waals surface area contributed by atoms with E-state index in [0.29, 0.717) is 17.4 Å². The number of hydrogen-bond donors (Lipinski definition) is 3. The van der Waals surface area contributed by atoms with Crippen molar-refractivity contribution in [2.24, 2.45) is 0 Å². The summed E-state index contributed by atoms with van der Waals surface area (Å²) in [7, 11) is 1.54. The number of nitrogens with zero attached hydrogens (tertiary/aromatic N) is 1. The van der Waals surface area contributed by atoms with Gasteiger partial charge in [0, 0.05) is 6.42 Å². The van der Waals surface area contributed by atoms with Gasteiger partial charge in [-0.2, -0.15) is 0 Å². The molecule has 418 valence electrons. The number of aliphatic hydroxyl groups excluding tert-OH is 1. The first kappa shape index (κ1) is 69.7. The summed E-state index contributed by atoms with van der Waals surface area (Å²) >= 11 is 0. The van der Waals surface area contributed by atoms with E-state index in [1.165, 1.54) is 167 Å². The molecule has 0 radical (unpaired) electrons. The summed E-state index contributed by atoms with van der Waals surface area (Å²) in [6, 6.07) is -0.876. The molecule has 3 atom stereocenters. The van der Waals surface area contributed by atoms with Crippen molar-refractivity contribution in [2.45, 2.75) is 270 Å². The minimum absolute atomic E-state index is 0.0499. The molecule has 0 bridgehead atoms. The van der Waals surface area contributed by atoms with Crippen LogP contribution in [-0.2, 0) is 18.4 Å². The van der Waals surface area contributed by atoms with Crippen molar-refractivity contribution in [2.75, 3.05) is 40.9 Å². The number of allylic oxidation sites excluding steroid dienone is 13. The summed E-state index contributed by atoms with van der Waals surface area (Å²) in [5.74, 6) is -0.194. The second-order valence-electron chi connectivity index (χ2n) is 21.3. The maximum absolute atomic E-state index is 13.0. The van der Waals surface area contributed by atoms with E-state index in [2.05, 4.69) is 92.1 Å². The van der Waals surface area contributed by atoms with Crippen LogP contribution in [0.2, 0.25) is 0 Å². The Morgan fingerprint density at radius 1 is 0.486 bits per heavy atom. The average molecular weight is 1030 g/mol. The summed E-state index contributed by atoms with van der Waals surface area (Å²) in [6.45, 7) is 4.69. The molecular weight excluding hydrogens is 912 g/mol. The van der Waals surface area contributed by atoms with Crippen LogP contribution in [0, 0.1) is 0 Å². The third kappa shape index (κ3) is 55.4. The number of aliphatic hydroxyl groups is 1. The first-order chi connectivity index (χ1) is 35.0. The maximum Gasteiger partial charge on any atom is 0.472 e. The van der Waals surface area contributed by atoms with E-state index in [-0.39, 0.29) is 19.1 Å². The van der Waals surface area contributed by atoms with Gasteiger partial charge in [0.05, 0.1) is 39.9 Å². The minimum atomic E-state index is -4.37. The Bertz CT molecular complexity index is 1450. The molecule has 72 heavy (non-hydrogen) atoms. The molecule has 0 rings (SSSR count).